The summed E-state index contributed by atoms with van der Waals surface area (Å²) in [6.45, 7) is 2.00. The highest BCUT2D eigenvalue weighted by molar-refractivity contribution is 5.93. The van der Waals surface area contributed by atoms with E-state index in [1.165, 1.54) is 18.9 Å². The third kappa shape index (κ3) is 5.09. The molecule has 5 heteroatoms. The van der Waals surface area contributed by atoms with Gasteiger partial charge in [0.05, 0.1) is 6.54 Å². The number of rotatable bonds is 7. The lowest BCUT2D eigenvalue weighted by atomic mass is 10.1. The molecule has 1 aromatic carbocycles. The zero-order valence-corrected chi connectivity index (χ0v) is 16.0. The molecule has 0 amide bonds. The summed E-state index contributed by atoms with van der Waals surface area (Å²) in [5, 5.41) is 0. The third-order valence-electron chi connectivity index (χ3n) is 4.75. The average Bonchev–Trinajstić information content (AvgIpc) is 3.14. The second-order valence-electron chi connectivity index (χ2n) is 7.14. The molecule has 1 heterocycles. The minimum Gasteiger partial charge on any atom is -0.474 e. The zero-order chi connectivity index (χ0) is 19.2. The van der Waals surface area contributed by atoms with Crippen LogP contribution in [0, 0.1) is 0 Å². The van der Waals surface area contributed by atoms with Crippen molar-refractivity contribution in [3.8, 4) is 17.0 Å². The number of nitrogens with two attached hydrogens (primary N) is 1. The molecule has 1 saturated carbocycles. The van der Waals surface area contributed by atoms with Crippen LogP contribution in [-0.4, -0.2) is 30.5 Å². The van der Waals surface area contributed by atoms with Crippen LogP contribution in [0.5, 0.6) is 5.88 Å². The lowest BCUT2D eigenvalue weighted by Gasteiger charge is -2.19. The largest absolute Gasteiger partial charge is 0.474 e. The summed E-state index contributed by atoms with van der Waals surface area (Å²) < 4.78 is 6.14. The van der Waals surface area contributed by atoms with Gasteiger partial charge in [-0.2, -0.15) is 0 Å². The number of likely N-dealkylation sites (N-methyl/N-ethyl adjacent to an activating group) is 1. The van der Waals surface area contributed by atoms with E-state index in [4.69, 9.17) is 10.5 Å². The molecule has 2 aromatic rings. The molecule has 0 radical (unpaired) electrons. The molecular formula is C22H27N3O2. The SMILES string of the molecule is CC(N)=CC(=O)CN(C)c1ccc(-c2cccnc2OC2CCCC2)cc1. The van der Waals surface area contributed by atoms with Gasteiger partial charge in [-0.3, -0.25) is 4.79 Å². The molecule has 0 unspecified atom stereocenters. The predicted molar refractivity (Wildman–Crippen MR) is 109 cm³/mol. The van der Waals surface area contributed by atoms with Crippen LogP contribution in [0.3, 0.4) is 0 Å². The van der Waals surface area contributed by atoms with Crippen molar-refractivity contribution in [1.82, 2.24) is 4.98 Å². The fourth-order valence-electron chi connectivity index (χ4n) is 3.39. The van der Waals surface area contributed by atoms with Crippen LogP contribution < -0.4 is 15.4 Å². The maximum absolute atomic E-state index is 11.9. The van der Waals surface area contributed by atoms with Crippen LogP contribution in [0.1, 0.15) is 32.6 Å². The number of aromatic nitrogens is 1. The topological polar surface area (TPSA) is 68.5 Å². The monoisotopic (exact) mass is 365 g/mol. The highest BCUT2D eigenvalue weighted by Gasteiger charge is 2.19. The van der Waals surface area contributed by atoms with Crippen molar-refractivity contribution in [1.29, 1.82) is 0 Å². The van der Waals surface area contributed by atoms with Gasteiger partial charge in [-0.1, -0.05) is 12.1 Å². The molecule has 27 heavy (non-hydrogen) atoms. The number of anilines is 1. The van der Waals surface area contributed by atoms with Gasteiger partial charge in [-0.25, -0.2) is 4.98 Å². The Morgan fingerprint density at radius 1 is 1.26 bits per heavy atom. The summed E-state index contributed by atoms with van der Waals surface area (Å²) in [6, 6.07) is 12.1. The van der Waals surface area contributed by atoms with E-state index >= 15 is 0 Å². The second kappa shape index (κ2) is 8.71. The van der Waals surface area contributed by atoms with E-state index in [9.17, 15) is 4.79 Å². The van der Waals surface area contributed by atoms with Crippen LogP contribution in [0.2, 0.25) is 0 Å². The van der Waals surface area contributed by atoms with Crippen LogP contribution in [0.4, 0.5) is 5.69 Å². The van der Waals surface area contributed by atoms with Gasteiger partial charge >= 0.3 is 0 Å². The van der Waals surface area contributed by atoms with Crippen molar-refractivity contribution in [2.45, 2.75) is 38.7 Å². The fourth-order valence-corrected chi connectivity index (χ4v) is 3.39. The lowest BCUT2D eigenvalue weighted by Crippen LogP contribution is -2.24. The number of hydrogen-bond donors (Lipinski definition) is 1. The number of carbonyl (C=O) groups excluding carboxylic acids is 1. The molecule has 1 fully saturated rings. The Balaban J connectivity index is 1.73. The first kappa shape index (κ1) is 19.0. The van der Waals surface area contributed by atoms with Crippen LogP contribution in [-0.2, 0) is 4.79 Å². The minimum atomic E-state index is -0.0129. The van der Waals surface area contributed by atoms with Crippen molar-refractivity contribution in [3.63, 3.8) is 0 Å². The minimum absolute atomic E-state index is 0.0129. The highest BCUT2D eigenvalue weighted by Crippen LogP contribution is 2.32. The Labute approximate surface area is 160 Å². The van der Waals surface area contributed by atoms with Gasteiger partial charge in [0.2, 0.25) is 5.88 Å². The third-order valence-corrected chi connectivity index (χ3v) is 4.75. The van der Waals surface area contributed by atoms with Crippen molar-refractivity contribution >= 4 is 11.5 Å². The Bertz CT molecular complexity index is 805. The molecule has 1 aliphatic carbocycles. The standard InChI is InChI=1S/C22H27N3O2/c1-16(23)14-19(26)15-25(2)18-11-9-17(10-12-18)21-8-5-13-24-22(21)27-20-6-3-4-7-20/h5,8-14,20H,3-4,6-7,15,23H2,1-2H3. The van der Waals surface area contributed by atoms with Gasteiger partial charge in [-0.05, 0) is 62.4 Å². The molecule has 2 N–H and O–H groups in total. The number of ether oxygens (including phenoxy) is 1. The first-order chi connectivity index (χ1) is 13.0. The molecule has 142 valence electrons. The van der Waals surface area contributed by atoms with Crippen molar-refractivity contribution in [2.75, 3.05) is 18.5 Å². The van der Waals surface area contributed by atoms with Gasteiger partial charge in [0.1, 0.15) is 6.10 Å². The van der Waals surface area contributed by atoms with Crippen molar-refractivity contribution in [2.24, 2.45) is 5.73 Å². The Morgan fingerprint density at radius 2 is 1.96 bits per heavy atom. The van der Waals surface area contributed by atoms with E-state index in [0.717, 1.165) is 29.7 Å². The predicted octanol–water partition coefficient (Wildman–Crippen LogP) is 3.94. The van der Waals surface area contributed by atoms with Crippen LogP contribution in [0.25, 0.3) is 11.1 Å². The fraction of sp³-hybridized carbons (Fsp3) is 0.364. The van der Waals surface area contributed by atoms with Gasteiger partial charge in [0.15, 0.2) is 5.78 Å². The van der Waals surface area contributed by atoms with Gasteiger partial charge < -0.3 is 15.4 Å². The van der Waals surface area contributed by atoms with Crippen molar-refractivity contribution in [3.05, 3.63) is 54.4 Å². The number of carbonyl (C=O) groups is 1. The average molecular weight is 365 g/mol. The number of nitrogens with zero attached hydrogens (tertiary/aromatic N) is 2. The quantitative estimate of drug-likeness (QED) is 0.753. The molecule has 0 saturated heterocycles. The van der Waals surface area contributed by atoms with Gasteiger partial charge in [0, 0.05) is 36.3 Å². The normalized spacial score (nSPS) is 15.0. The molecule has 1 aromatic heterocycles. The molecule has 0 atom stereocenters. The number of allylic oxidation sites excluding steroid dienone is 1. The molecule has 3 rings (SSSR count). The second-order valence-corrected chi connectivity index (χ2v) is 7.14. The summed E-state index contributed by atoms with van der Waals surface area (Å²) in [5.41, 5.74) is 9.11. The molecule has 0 aliphatic heterocycles. The van der Waals surface area contributed by atoms with E-state index in [1.54, 1.807) is 13.1 Å². The first-order valence-electron chi connectivity index (χ1n) is 9.43. The molecule has 0 spiro atoms. The Morgan fingerprint density at radius 3 is 2.63 bits per heavy atom. The van der Waals surface area contributed by atoms with Crippen LogP contribution in [0.15, 0.2) is 54.4 Å². The number of hydrogen-bond acceptors (Lipinski definition) is 5. The molecular weight excluding hydrogens is 338 g/mol. The summed E-state index contributed by atoms with van der Waals surface area (Å²) in [5.74, 6) is 0.685. The number of pyridine rings is 1. The van der Waals surface area contributed by atoms with E-state index in [1.807, 2.05) is 48.3 Å². The zero-order valence-electron chi connectivity index (χ0n) is 16.0. The van der Waals surface area contributed by atoms with Gasteiger partial charge in [0.25, 0.3) is 0 Å². The summed E-state index contributed by atoms with van der Waals surface area (Å²) in [6.07, 6.45) is 8.17. The van der Waals surface area contributed by atoms with E-state index in [0.29, 0.717) is 11.6 Å². The van der Waals surface area contributed by atoms with Crippen LogP contribution >= 0.6 is 0 Å². The Kier molecular flexibility index (Phi) is 6.12. The molecule has 5 nitrogen and oxygen atoms in total. The number of benzene rings is 1. The maximum atomic E-state index is 11.9. The summed E-state index contributed by atoms with van der Waals surface area (Å²) in [4.78, 5) is 18.3. The van der Waals surface area contributed by atoms with E-state index in [2.05, 4.69) is 4.98 Å². The first-order valence-corrected chi connectivity index (χ1v) is 9.43. The van der Waals surface area contributed by atoms with E-state index in [-0.39, 0.29) is 18.4 Å². The van der Waals surface area contributed by atoms with Gasteiger partial charge in [-0.15, -0.1) is 0 Å². The smallest absolute Gasteiger partial charge is 0.221 e. The molecule has 1 aliphatic rings. The molecule has 0 bridgehead atoms. The Hall–Kier alpha value is -2.82. The highest BCUT2D eigenvalue weighted by atomic mass is 16.5. The van der Waals surface area contributed by atoms with E-state index < -0.39 is 0 Å². The number of ketones is 1. The lowest BCUT2D eigenvalue weighted by molar-refractivity contribution is -0.113. The van der Waals surface area contributed by atoms with Crippen molar-refractivity contribution < 1.29 is 9.53 Å². The summed E-state index contributed by atoms with van der Waals surface area (Å²) in [7, 11) is 1.89. The summed E-state index contributed by atoms with van der Waals surface area (Å²) >= 11 is 0. The maximum Gasteiger partial charge on any atom is 0.221 e.